The summed E-state index contributed by atoms with van der Waals surface area (Å²) in [5, 5.41) is 16.3. The fourth-order valence-corrected chi connectivity index (χ4v) is 2.84. The van der Waals surface area contributed by atoms with Crippen LogP contribution < -0.4 is 5.32 Å². The van der Waals surface area contributed by atoms with Crippen molar-refractivity contribution in [2.45, 2.75) is 0 Å². The van der Waals surface area contributed by atoms with Crippen molar-refractivity contribution in [1.29, 1.82) is 0 Å². The highest BCUT2D eigenvalue weighted by Gasteiger charge is 2.13. The van der Waals surface area contributed by atoms with Crippen LogP contribution in [0.25, 0.3) is 23.3 Å². The van der Waals surface area contributed by atoms with Gasteiger partial charge in [0.25, 0.3) is 5.91 Å². The van der Waals surface area contributed by atoms with E-state index in [0.717, 1.165) is 16.7 Å². The van der Waals surface area contributed by atoms with Crippen LogP contribution in [0.4, 0.5) is 10.1 Å². The van der Waals surface area contributed by atoms with Crippen LogP contribution in [-0.4, -0.2) is 26.5 Å². The van der Waals surface area contributed by atoms with Crippen molar-refractivity contribution >= 4 is 23.7 Å². The minimum Gasteiger partial charge on any atom is -0.322 e. The Morgan fingerprint density at radius 2 is 1.79 bits per heavy atom. The van der Waals surface area contributed by atoms with E-state index in [4.69, 9.17) is 0 Å². The van der Waals surface area contributed by atoms with Gasteiger partial charge in [-0.25, -0.2) is 4.39 Å². The second-order valence-electron chi connectivity index (χ2n) is 6.24. The van der Waals surface area contributed by atoms with Crippen molar-refractivity contribution in [2.24, 2.45) is 0 Å². The van der Waals surface area contributed by atoms with Crippen LogP contribution in [0, 0.1) is 5.82 Å². The van der Waals surface area contributed by atoms with Gasteiger partial charge in [0, 0.05) is 5.69 Å². The molecule has 3 aromatic carbocycles. The van der Waals surface area contributed by atoms with Crippen molar-refractivity contribution in [3.63, 3.8) is 0 Å². The molecule has 0 saturated heterocycles. The lowest BCUT2D eigenvalue weighted by Crippen LogP contribution is -2.14. The predicted octanol–water partition coefficient (Wildman–Crippen LogP) is 4.43. The van der Waals surface area contributed by atoms with Gasteiger partial charge in [0.2, 0.25) is 0 Å². The normalized spacial score (nSPS) is 10.9. The molecule has 0 unspecified atom stereocenters. The number of halogens is 1. The van der Waals surface area contributed by atoms with Gasteiger partial charge in [-0.15, -0.1) is 10.2 Å². The van der Waals surface area contributed by atoms with Gasteiger partial charge in [-0.05, 0) is 52.2 Å². The lowest BCUT2D eigenvalue weighted by atomic mass is 10.0. The standard InChI is InChI=1S/C22H16FN5O/c23-20-11-10-17(16-6-2-1-3-7-16)14-19(20)22(29)24-18-8-4-5-15(13-18)9-12-21-25-27-28-26-21/h1-14H,(H,24,29)(H,25,26,27,28). The minimum absolute atomic E-state index is 0.0147. The van der Waals surface area contributed by atoms with Gasteiger partial charge in [0.05, 0.1) is 5.56 Å². The molecule has 0 bridgehead atoms. The summed E-state index contributed by atoms with van der Waals surface area (Å²) in [6, 6.07) is 21.2. The third kappa shape index (κ3) is 4.41. The summed E-state index contributed by atoms with van der Waals surface area (Å²) in [6.45, 7) is 0. The van der Waals surface area contributed by atoms with Gasteiger partial charge in [0.1, 0.15) is 5.82 Å². The fourth-order valence-electron chi connectivity index (χ4n) is 2.84. The maximum atomic E-state index is 14.3. The molecular formula is C22H16FN5O. The molecule has 0 aliphatic rings. The van der Waals surface area contributed by atoms with Gasteiger partial charge in [-0.3, -0.25) is 4.79 Å². The molecule has 4 rings (SSSR count). The maximum absolute atomic E-state index is 14.3. The molecule has 2 N–H and O–H groups in total. The first-order chi connectivity index (χ1) is 14.2. The topological polar surface area (TPSA) is 83.6 Å². The van der Waals surface area contributed by atoms with E-state index in [1.165, 1.54) is 6.07 Å². The molecule has 0 aliphatic carbocycles. The van der Waals surface area contributed by atoms with Crippen molar-refractivity contribution < 1.29 is 9.18 Å². The van der Waals surface area contributed by atoms with E-state index >= 15 is 0 Å². The Labute approximate surface area is 166 Å². The van der Waals surface area contributed by atoms with Gasteiger partial charge >= 0.3 is 0 Å². The van der Waals surface area contributed by atoms with E-state index in [9.17, 15) is 9.18 Å². The Hall–Kier alpha value is -4.13. The zero-order valence-electron chi connectivity index (χ0n) is 15.2. The van der Waals surface area contributed by atoms with Crippen molar-refractivity contribution in [3.8, 4) is 11.1 Å². The fraction of sp³-hybridized carbons (Fsp3) is 0. The SMILES string of the molecule is O=C(Nc1cccc(C=Cc2nn[nH]n2)c1)c1cc(-c2ccccc2)ccc1F. The van der Waals surface area contributed by atoms with Crippen molar-refractivity contribution in [1.82, 2.24) is 20.6 Å². The van der Waals surface area contributed by atoms with Gasteiger partial charge < -0.3 is 5.32 Å². The van der Waals surface area contributed by atoms with Crippen LogP contribution in [0.1, 0.15) is 21.7 Å². The Bertz CT molecular complexity index is 1160. The molecule has 6 nitrogen and oxygen atoms in total. The Balaban J connectivity index is 1.54. The molecule has 1 aromatic heterocycles. The molecule has 4 aromatic rings. The molecule has 0 saturated carbocycles. The smallest absolute Gasteiger partial charge is 0.258 e. The lowest BCUT2D eigenvalue weighted by Gasteiger charge is -2.09. The number of tetrazole rings is 1. The number of carbonyl (C=O) groups is 1. The third-order valence-electron chi connectivity index (χ3n) is 4.25. The quantitative estimate of drug-likeness (QED) is 0.532. The monoisotopic (exact) mass is 385 g/mol. The highest BCUT2D eigenvalue weighted by molar-refractivity contribution is 6.05. The molecule has 0 atom stereocenters. The zero-order chi connectivity index (χ0) is 20.1. The van der Waals surface area contributed by atoms with E-state index in [1.807, 2.05) is 36.4 Å². The first-order valence-electron chi connectivity index (χ1n) is 8.87. The van der Waals surface area contributed by atoms with E-state index in [-0.39, 0.29) is 5.56 Å². The highest BCUT2D eigenvalue weighted by atomic mass is 19.1. The van der Waals surface area contributed by atoms with Crippen LogP contribution >= 0.6 is 0 Å². The second-order valence-corrected chi connectivity index (χ2v) is 6.24. The number of amides is 1. The molecule has 29 heavy (non-hydrogen) atoms. The Kier molecular flexibility index (Phi) is 5.20. The van der Waals surface area contributed by atoms with E-state index in [1.54, 1.807) is 42.5 Å². The number of nitrogens with one attached hydrogen (secondary N) is 2. The second kappa shape index (κ2) is 8.26. The predicted molar refractivity (Wildman–Crippen MR) is 109 cm³/mol. The maximum Gasteiger partial charge on any atom is 0.258 e. The largest absolute Gasteiger partial charge is 0.322 e. The highest BCUT2D eigenvalue weighted by Crippen LogP contribution is 2.23. The average molecular weight is 385 g/mol. The molecule has 0 fully saturated rings. The zero-order valence-corrected chi connectivity index (χ0v) is 15.2. The Morgan fingerprint density at radius 1 is 0.931 bits per heavy atom. The number of hydrogen-bond acceptors (Lipinski definition) is 4. The van der Waals surface area contributed by atoms with Crippen LogP contribution in [0.5, 0.6) is 0 Å². The summed E-state index contributed by atoms with van der Waals surface area (Å²) >= 11 is 0. The number of anilines is 1. The van der Waals surface area contributed by atoms with Crippen molar-refractivity contribution in [3.05, 3.63) is 95.6 Å². The molecule has 142 valence electrons. The molecule has 1 amide bonds. The first kappa shape index (κ1) is 18.2. The molecule has 0 radical (unpaired) electrons. The van der Waals surface area contributed by atoms with E-state index < -0.39 is 11.7 Å². The van der Waals surface area contributed by atoms with Crippen LogP contribution in [0.15, 0.2) is 72.8 Å². The average Bonchev–Trinajstić information content (AvgIpc) is 3.27. The van der Waals surface area contributed by atoms with E-state index in [0.29, 0.717) is 11.5 Å². The van der Waals surface area contributed by atoms with Gasteiger partial charge in [-0.2, -0.15) is 5.21 Å². The van der Waals surface area contributed by atoms with Crippen LogP contribution in [0.2, 0.25) is 0 Å². The number of hydrogen-bond donors (Lipinski definition) is 2. The lowest BCUT2D eigenvalue weighted by molar-refractivity contribution is 0.102. The number of carbonyl (C=O) groups excluding carboxylic acids is 1. The molecule has 7 heteroatoms. The molecule has 1 heterocycles. The molecule has 0 spiro atoms. The summed E-state index contributed by atoms with van der Waals surface area (Å²) in [5.74, 6) is -0.644. The van der Waals surface area contributed by atoms with Gasteiger partial charge in [0.15, 0.2) is 5.82 Å². The van der Waals surface area contributed by atoms with Crippen molar-refractivity contribution in [2.75, 3.05) is 5.32 Å². The number of rotatable bonds is 5. The number of aromatic nitrogens is 4. The number of H-pyrrole nitrogens is 1. The summed E-state index contributed by atoms with van der Waals surface area (Å²) in [6.07, 6.45) is 3.48. The number of aromatic amines is 1. The summed E-state index contributed by atoms with van der Waals surface area (Å²) in [7, 11) is 0. The van der Waals surface area contributed by atoms with E-state index in [2.05, 4.69) is 25.9 Å². The Morgan fingerprint density at radius 3 is 2.59 bits per heavy atom. The van der Waals surface area contributed by atoms with Crippen LogP contribution in [-0.2, 0) is 0 Å². The summed E-state index contributed by atoms with van der Waals surface area (Å²) < 4.78 is 14.3. The molecular weight excluding hydrogens is 369 g/mol. The third-order valence-corrected chi connectivity index (χ3v) is 4.25. The summed E-state index contributed by atoms with van der Waals surface area (Å²) in [4.78, 5) is 12.7. The van der Waals surface area contributed by atoms with Gasteiger partial charge in [-0.1, -0.05) is 54.6 Å². The number of benzene rings is 3. The minimum atomic E-state index is -0.574. The van der Waals surface area contributed by atoms with Crippen LogP contribution in [0.3, 0.4) is 0 Å². The first-order valence-corrected chi connectivity index (χ1v) is 8.87. The number of nitrogens with zero attached hydrogens (tertiary/aromatic N) is 3. The molecule has 0 aliphatic heterocycles. The summed E-state index contributed by atoms with van der Waals surface area (Å²) in [5.41, 5.74) is 3.05.